The van der Waals surface area contributed by atoms with Crippen LogP contribution in [0.3, 0.4) is 0 Å². The van der Waals surface area contributed by atoms with E-state index >= 15 is 0 Å². The predicted octanol–water partition coefficient (Wildman–Crippen LogP) is 3.34. The molecule has 7 heteroatoms. The summed E-state index contributed by atoms with van der Waals surface area (Å²) in [4.78, 5) is 11.6. The third kappa shape index (κ3) is 4.46. The first-order chi connectivity index (χ1) is 14.5. The smallest absolute Gasteiger partial charge is 0.141 e. The summed E-state index contributed by atoms with van der Waals surface area (Å²) in [5.74, 6) is 1.76. The summed E-state index contributed by atoms with van der Waals surface area (Å²) in [6.45, 7) is 6.64. The molecule has 0 radical (unpaired) electrons. The van der Waals surface area contributed by atoms with Gasteiger partial charge < -0.3 is 9.84 Å². The molecule has 1 aliphatic heterocycles. The van der Waals surface area contributed by atoms with Crippen molar-refractivity contribution in [3.63, 3.8) is 0 Å². The molecule has 6 nitrogen and oxygen atoms in total. The highest BCUT2D eigenvalue weighted by molar-refractivity contribution is 7.98. The molecule has 0 spiro atoms. The van der Waals surface area contributed by atoms with E-state index in [0.29, 0.717) is 17.4 Å². The quantitative estimate of drug-likeness (QED) is 0.737. The number of hydrogen-bond acceptors (Lipinski definition) is 7. The summed E-state index contributed by atoms with van der Waals surface area (Å²) >= 11 is 1.51. The molecule has 4 atom stereocenters. The van der Waals surface area contributed by atoms with Crippen LogP contribution in [0.15, 0.2) is 29.3 Å². The van der Waals surface area contributed by atoms with Crippen LogP contribution in [0.1, 0.15) is 35.5 Å². The van der Waals surface area contributed by atoms with Crippen molar-refractivity contribution in [1.82, 2.24) is 14.9 Å². The lowest BCUT2D eigenvalue weighted by Crippen LogP contribution is -2.42. The van der Waals surface area contributed by atoms with Gasteiger partial charge >= 0.3 is 0 Å². The minimum absolute atomic E-state index is 0.189. The molecule has 1 aliphatic carbocycles. The van der Waals surface area contributed by atoms with Crippen LogP contribution in [-0.4, -0.2) is 51.5 Å². The maximum Gasteiger partial charge on any atom is 0.141 e. The summed E-state index contributed by atoms with van der Waals surface area (Å²) < 4.78 is 6.19. The maximum absolute atomic E-state index is 10.7. The molecular weight excluding hydrogens is 396 g/mol. The second-order valence-corrected chi connectivity index (χ2v) is 9.21. The number of nitrogens with zero attached hydrogens (tertiary/aromatic N) is 4. The number of aromatic nitrogens is 2. The van der Waals surface area contributed by atoms with Crippen LogP contribution < -0.4 is 4.74 Å². The average Bonchev–Trinajstić information content (AvgIpc) is 3.10. The van der Waals surface area contributed by atoms with Crippen molar-refractivity contribution in [2.45, 2.75) is 50.5 Å². The molecule has 2 aromatic heterocycles. The fourth-order valence-electron chi connectivity index (χ4n) is 4.74. The molecule has 30 heavy (non-hydrogen) atoms. The lowest BCUT2D eigenvalue weighted by Gasteiger charge is -2.35. The Morgan fingerprint density at radius 3 is 2.63 bits per heavy atom. The highest BCUT2D eigenvalue weighted by atomic mass is 32.2. The fraction of sp³-hybridized carbons (Fsp3) is 0.522. The number of aryl methyl sites for hydroxylation is 2. The second kappa shape index (κ2) is 8.93. The van der Waals surface area contributed by atoms with Crippen LogP contribution in [0.25, 0.3) is 0 Å². The topological polar surface area (TPSA) is 82.3 Å². The molecule has 0 bridgehead atoms. The summed E-state index contributed by atoms with van der Waals surface area (Å²) in [6.07, 6.45) is 2.92. The zero-order chi connectivity index (χ0) is 21.3. The van der Waals surface area contributed by atoms with Gasteiger partial charge in [-0.25, -0.2) is 4.98 Å². The zero-order valence-electron chi connectivity index (χ0n) is 17.7. The first-order valence-corrected chi connectivity index (χ1v) is 11.6. The number of aliphatic hydroxyl groups excluding tert-OH is 1. The largest absolute Gasteiger partial charge is 0.486 e. The Hall–Kier alpha value is -2.14. The van der Waals surface area contributed by atoms with Gasteiger partial charge in [-0.05, 0) is 69.0 Å². The number of thioether (sulfide) groups is 1. The van der Waals surface area contributed by atoms with Crippen LogP contribution in [-0.2, 0) is 6.54 Å². The van der Waals surface area contributed by atoms with Gasteiger partial charge in [-0.2, -0.15) is 5.26 Å². The Labute approximate surface area is 182 Å². The molecule has 0 amide bonds. The second-order valence-electron chi connectivity index (χ2n) is 8.42. The van der Waals surface area contributed by atoms with Gasteiger partial charge in [0.25, 0.3) is 0 Å². The average molecular weight is 425 g/mol. The van der Waals surface area contributed by atoms with E-state index in [9.17, 15) is 10.4 Å². The van der Waals surface area contributed by atoms with Crippen LogP contribution in [0, 0.1) is 37.0 Å². The van der Waals surface area contributed by atoms with Crippen LogP contribution in [0.4, 0.5) is 0 Å². The Morgan fingerprint density at radius 2 is 1.93 bits per heavy atom. The molecule has 1 saturated carbocycles. The van der Waals surface area contributed by atoms with Crippen molar-refractivity contribution in [2.75, 3.05) is 19.3 Å². The van der Waals surface area contributed by atoms with Gasteiger partial charge in [0.2, 0.25) is 0 Å². The van der Waals surface area contributed by atoms with Crippen molar-refractivity contribution in [2.24, 2.45) is 11.8 Å². The summed E-state index contributed by atoms with van der Waals surface area (Å²) in [6, 6.07) is 9.92. The van der Waals surface area contributed by atoms with Gasteiger partial charge in [0.1, 0.15) is 22.9 Å². The number of aliphatic hydroxyl groups is 1. The lowest BCUT2D eigenvalue weighted by atomic mass is 9.78. The monoisotopic (exact) mass is 424 g/mol. The van der Waals surface area contributed by atoms with E-state index in [1.165, 1.54) is 11.8 Å². The zero-order valence-corrected chi connectivity index (χ0v) is 18.5. The minimum atomic E-state index is -0.456. The number of nitriles is 1. The van der Waals surface area contributed by atoms with Crippen LogP contribution >= 0.6 is 11.8 Å². The van der Waals surface area contributed by atoms with Crippen LogP contribution in [0.2, 0.25) is 0 Å². The highest BCUT2D eigenvalue weighted by Crippen LogP contribution is 2.38. The van der Waals surface area contributed by atoms with Gasteiger partial charge in [0, 0.05) is 25.3 Å². The third-order valence-corrected chi connectivity index (χ3v) is 6.93. The predicted molar refractivity (Wildman–Crippen MR) is 116 cm³/mol. The van der Waals surface area contributed by atoms with E-state index < -0.39 is 6.10 Å². The van der Waals surface area contributed by atoms with E-state index in [2.05, 4.69) is 20.9 Å². The summed E-state index contributed by atoms with van der Waals surface area (Å²) in [7, 11) is 0. The molecule has 1 N–H and O–H groups in total. The molecule has 4 rings (SSSR count). The Morgan fingerprint density at radius 1 is 1.17 bits per heavy atom. The normalized spacial score (nSPS) is 26.2. The van der Waals surface area contributed by atoms with Crippen molar-refractivity contribution >= 4 is 11.8 Å². The van der Waals surface area contributed by atoms with E-state index in [4.69, 9.17) is 4.74 Å². The van der Waals surface area contributed by atoms with E-state index in [1.54, 1.807) is 0 Å². The van der Waals surface area contributed by atoms with E-state index in [-0.39, 0.29) is 6.10 Å². The minimum Gasteiger partial charge on any atom is -0.486 e. The fourth-order valence-corrected chi connectivity index (χ4v) is 5.28. The molecule has 2 fully saturated rings. The lowest BCUT2D eigenvalue weighted by molar-refractivity contribution is -0.0236. The molecule has 2 aromatic rings. The third-order valence-electron chi connectivity index (χ3n) is 6.23. The van der Waals surface area contributed by atoms with E-state index in [0.717, 1.165) is 60.3 Å². The molecule has 1 saturated heterocycles. The highest BCUT2D eigenvalue weighted by Gasteiger charge is 2.42. The SMILES string of the molecule is CSc1nc(CN2C[C@H]3C[C@@H](Oc4ccc(C)nc4C)[C@H](O)C[C@H]3C2)ccc1C#N. The Kier molecular flexibility index (Phi) is 6.28. The van der Waals surface area contributed by atoms with Crippen molar-refractivity contribution in [3.05, 3.63) is 46.9 Å². The standard InChI is InChI=1S/C23H28N4O2S/c1-14-4-7-21(15(2)25-14)29-22-9-18-12-27(11-17(18)8-20(22)28)13-19-6-5-16(10-24)23(26-19)30-3/h4-7,17-18,20,22,28H,8-9,11-13H2,1-3H3/t17-,18+,20+,22+/m0/s1. The van der Waals surface area contributed by atoms with Crippen molar-refractivity contribution < 1.29 is 9.84 Å². The molecule has 0 aromatic carbocycles. The van der Waals surface area contributed by atoms with Gasteiger partial charge in [-0.1, -0.05) is 0 Å². The van der Waals surface area contributed by atoms with Crippen LogP contribution in [0.5, 0.6) is 5.75 Å². The molecule has 3 heterocycles. The number of pyridine rings is 2. The summed E-state index contributed by atoms with van der Waals surface area (Å²) in [5.41, 5.74) is 3.46. The van der Waals surface area contributed by atoms with Crippen molar-refractivity contribution in [3.8, 4) is 11.8 Å². The number of rotatable bonds is 5. The number of fused-ring (bicyclic) bond motifs is 1. The number of ether oxygens (including phenoxy) is 1. The van der Waals surface area contributed by atoms with E-state index in [1.807, 2.05) is 44.4 Å². The Bertz CT molecular complexity index is 961. The van der Waals surface area contributed by atoms with Gasteiger partial charge in [0.15, 0.2) is 0 Å². The number of hydrogen-bond donors (Lipinski definition) is 1. The summed E-state index contributed by atoms with van der Waals surface area (Å²) in [5, 5.41) is 20.7. The van der Waals surface area contributed by atoms with Gasteiger partial charge in [-0.3, -0.25) is 9.88 Å². The Balaban J connectivity index is 1.40. The number of likely N-dealkylation sites (tertiary alicyclic amines) is 1. The maximum atomic E-state index is 10.7. The first kappa shape index (κ1) is 21.1. The molecule has 2 aliphatic rings. The van der Waals surface area contributed by atoms with Gasteiger partial charge in [0.05, 0.1) is 23.1 Å². The first-order valence-electron chi connectivity index (χ1n) is 10.4. The molecular formula is C23H28N4O2S. The molecule has 158 valence electrons. The molecule has 0 unspecified atom stereocenters. The van der Waals surface area contributed by atoms with Crippen molar-refractivity contribution in [1.29, 1.82) is 5.26 Å². The van der Waals surface area contributed by atoms with Gasteiger partial charge in [-0.15, -0.1) is 11.8 Å².